The van der Waals surface area contributed by atoms with Crippen LogP contribution in [-0.4, -0.2) is 22.8 Å². The molecule has 0 N–H and O–H groups in total. The number of para-hydroxylation sites is 2. The number of hydrogen-bond acceptors (Lipinski definition) is 3. The molecule has 2 aromatic carbocycles. The number of benzene rings is 2. The second-order valence-electron chi connectivity index (χ2n) is 5.91. The summed E-state index contributed by atoms with van der Waals surface area (Å²) in [6, 6.07) is 15.6. The number of imidazole rings is 1. The van der Waals surface area contributed by atoms with Crippen LogP contribution in [0.4, 0.5) is 0 Å². The van der Waals surface area contributed by atoms with Crippen molar-refractivity contribution in [1.29, 1.82) is 0 Å². The first kappa shape index (κ1) is 15.5. The summed E-state index contributed by atoms with van der Waals surface area (Å²) in [7, 11) is 0. The fraction of sp³-hybridized carbons (Fsp3) is 0.316. The van der Waals surface area contributed by atoms with E-state index in [0.717, 1.165) is 48.6 Å². The molecule has 1 aliphatic rings. The van der Waals surface area contributed by atoms with Crippen molar-refractivity contribution in [1.82, 2.24) is 9.55 Å². The van der Waals surface area contributed by atoms with Gasteiger partial charge >= 0.3 is 0 Å². The average Bonchev–Trinajstić information content (AvgIpc) is 3.24. The zero-order chi connectivity index (χ0) is 16.4. The maximum Gasteiger partial charge on any atom is 0.139 e. The van der Waals surface area contributed by atoms with Crippen molar-refractivity contribution in [2.24, 2.45) is 0 Å². The van der Waals surface area contributed by atoms with E-state index in [1.807, 2.05) is 42.5 Å². The fourth-order valence-electron chi connectivity index (χ4n) is 3.14. The largest absolute Gasteiger partial charge is 0.492 e. The molecular weight excluding hydrogens is 324 g/mol. The molecule has 1 atom stereocenters. The highest BCUT2D eigenvalue weighted by Crippen LogP contribution is 2.30. The zero-order valence-corrected chi connectivity index (χ0v) is 14.1. The SMILES string of the molecule is Clc1ccc(OCCn2c([C@@H]3CCCO3)nc3ccccc32)cc1. The van der Waals surface area contributed by atoms with Crippen molar-refractivity contribution >= 4 is 22.6 Å². The number of nitrogens with zero attached hydrogens (tertiary/aromatic N) is 2. The van der Waals surface area contributed by atoms with Crippen molar-refractivity contribution in [3.8, 4) is 5.75 Å². The van der Waals surface area contributed by atoms with Gasteiger partial charge in [-0.25, -0.2) is 4.98 Å². The quantitative estimate of drug-likeness (QED) is 0.678. The van der Waals surface area contributed by atoms with Gasteiger partial charge in [0.05, 0.1) is 17.6 Å². The summed E-state index contributed by atoms with van der Waals surface area (Å²) in [5.74, 6) is 1.83. The summed E-state index contributed by atoms with van der Waals surface area (Å²) < 4.78 is 13.9. The molecule has 0 radical (unpaired) electrons. The summed E-state index contributed by atoms with van der Waals surface area (Å²) in [5, 5.41) is 0.712. The molecule has 1 saturated heterocycles. The third-order valence-corrected chi connectivity index (χ3v) is 4.55. The van der Waals surface area contributed by atoms with Crippen molar-refractivity contribution in [3.63, 3.8) is 0 Å². The molecule has 24 heavy (non-hydrogen) atoms. The van der Waals surface area contributed by atoms with Gasteiger partial charge in [-0.15, -0.1) is 0 Å². The van der Waals surface area contributed by atoms with Crippen molar-refractivity contribution < 1.29 is 9.47 Å². The Morgan fingerprint density at radius 3 is 2.79 bits per heavy atom. The summed E-state index contributed by atoms with van der Waals surface area (Å²) in [4.78, 5) is 4.80. The molecule has 0 aliphatic carbocycles. The number of aromatic nitrogens is 2. The molecule has 4 rings (SSSR count). The van der Waals surface area contributed by atoms with Gasteiger partial charge < -0.3 is 14.0 Å². The Kier molecular flexibility index (Phi) is 4.41. The van der Waals surface area contributed by atoms with Gasteiger partial charge in [0.15, 0.2) is 0 Å². The molecule has 0 spiro atoms. The first-order valence-corrected chi connectivity index (χ1v) is 8.64. The van der Waals surface area contributed by atoms with Crippen LogP contribution < -0.4 is 4.74 Å². The molecule has 0 amide bonds. The van der Waals surface area contributed by atoms with Crippen LogP contribution >= 0.6 is 11.6 Å². The van der Waals surface area contributed by atoms with Gasteiger partial charge in [0.1, 0.15) is 24.3 Å². The molecule has 1 aliphatic heterocycles. The first-order valence-electron chi connectivity index (χ1n) is 8.26. The van der Waals surface area contributed by atoms with Gasteiger partial charge in [0.2, 0.25) is 0 Å². The first-order chi connectivity index (χ1) is 11.8. The zero-order valence-electron chi connectivity index (χ0n) is 13.3. The Bertz CT molecular complexity index is 823. The predicted octanol–water partition coefficient (Wildman–Crippen LogP) is 4.62. The molecule has 4 nitrogen and oxygen atoms in total. The molecule has 5 heteroatoms. The number of hydrogen-bond donors (Lipinski definition) is 0. The lowest BCUT2D eigenvalue weighted by Gasteiger charge is -2.14. The molecular formula is C19H19ClN2O2. The summed E-state index contributed by atoms with van der Waals surface area (Å²) in [5.41, 5.74) is 2.14. The minimum Gasteiger partial charge on any atom is -0.492 e. The number of rotatable bonds is 5. The maximum atomic E-state index is 5.90. The van der Waals surface area contributed by atoms with Crippen molar-refractivity contribution in [3.05, 3.63) is 59.4 Å². The van der Waals surface area contributed by atoms with Crippen LogP contribution in [0.15, 0.2) is 48.5 Å². The Labute approximate surface area is 146 Å². The van der Waals surface area contributed by atoms with Crippen LogP contribution in [0.1, 0.15) is 24.8 Å². The standard InChI is InChI=1S/C19H19ClN2O2/c20-14-7-9-15(10-8-14)23-13-11-22-17-5-2-1-4-16(17)21-19(22)18-6-3-12-24-18/h1-2,4-5,7-10,18H,3,6,11-13H2/t18-/m0/s1. The average molecular weight is 343 g/mol. The summed E-state index contributed by atoms with van der Waals surface area (Å²) >= 11 is 5.90. The molecule has 2 heterocycles. The van der Waals surface area contributed by atoms with E-state index in [0.29, 0.717) is 11.6 Å². The van der Waals surface area contributed by atoms with Gasteiger partial charge in [-0.3, -0.25) is 0 Å². The minimum absolute atomic E-state index is 0.0907. The third kappa shape index (κ3) is 3.12. The second-order valence-corrected chi connectivity index (χ2v) is 6.35. The van der Waals surface area contributed by atoms with Gasteiger partial charge in [-0.2, -0.15) is 0 Å². The van der Waals surface area contributed by atoms with Crippen LogP contribution in [0.3, 0.4) is 0 Å². The molecule has 3 aromatic rings. The van der Waals surface area contributed by atoms with Crippen LogP contribution in [0.5, 0.6) is 5.75 Å². The van der Waals surface area contributed by atoms with Gasteiger partial charge in [0.25, 0.3) is 0 Å². The number of halogens is 1. The van der Waals surface area contributed by atoms with Crippen molar-refractivity contribution in [2.75, 3.05) is 13.2 Å². The van der Waals surface area contributed by atoms with E-state index in [2.05, 4.69) is 10.6 Å². The number of ether oxygens (including phenoxy) is 2. The smallest absolute Gasteiger partial charge is 0.139 e. The summed E-state index contributed by atoms with van der Waals surface area (Å²) in [6.45, 7) is 2.12. The van der Waals surface area contributed by atoms with Crippen LogP contribution in [0.25, 0.3) is 11.0 Å². The molecule has 0 bridgehead atoms. The number of fused-ring (bicyclic) bond motifs is 1. The van der Waals surface area contributed by atoms with Crippen LogP contribution in [0.2, 0.25) is 5.02 Å². The Balaban J connectivity index is 1.55. The maximum absolute atomic E-state index is 5.90. The second kappa shape index (κ2) is 6.83. The molecule has 124 valence electrons. The Morgan fingerprint density at radius 1 is 1.17 bits per heavy atom. The predicted molar refractivity (Wildman–Crippen MR) is 94.6 cm³/mol. The van der Waals surface area contributed by atoms with Gasteiger partial charge in [-0.05, 0) is 49.2 Å². The van der Waals surface area contributed by atoms with E-state index in [-0.39, 0.29) is 6.10 Å². The highest BCUT2D eigenvalue weighted by atomic mass is 35.5. The molecule has 0 unspecified atom stereocenters. The fourth-order valence-corrected chi connectivity index (χ4v) is 3.27. The normalized spacial score (nSPS) is 17.5. The van der Waals surface area contributed by atoms with E-state index >= 15 is 0 Å². The van der Waals surface area contributed by atoms with Gasteiger partial charge in [0, 0.05) is 11.6 Å². The van der Waals surface area contributed by atoms with E-state index in [9.17, 15) is 0 Å². The lowest BCUT2D eigenvalue weighted by molar-refractivity contribution is 0.101. The topological polar surface area (TPSA) is 36.3 Å². The van der Waals surface area contributed by atoms with Gasteiger partial charge in [-0.1, -0.05) is 23.7 Å². The lowest BCUT2D eigenvalue weighted by Crippen LogP contribution is -2.13. The molecule has 0 saturated carbocycles. The summed E-state index contributed by atoms with van der Waals surface area (Å²) in [6.07, 6.45) is 2.21. The third-order valence-electron chi connectivity index (χ3n) is 4.30. The van der Waals surface area contributed by atoms with E-state index < -0.39 is 0 Å². The minimum atomic E-state index is 0.0907. The monoisotopic (exact) mass is 342 g/mol. The van der Waals surface area contributed by atoms with Crippen molar-refractivity contribution in [2.45, 2.75) is 25.5 Å². The van der Waals surface area contributed by atoms with E-state index in [1.54, 1.807) is 0 Å². The van der Waals surface area contributed by atoms with Crippen LogP contribution in [0, 0.1) is 0 Å². The molecule has 1 aromatic heterocycles. The lowest BCUT2D eigenvalue weighted by atomic mass is 10.2. The Morgan fingerprint density at radius 2 is 2.00 bits per heavy atom. The van der Waals surface area contributed by atoms with E-state index in [1.165, 1.54) is 0 Å². The Hall–Kier alpha value is -2.04. The molecule has 1 fully saturated rings. The van der Waals surface area contributed by atoms with E-state index in [4.69, 9.17) is 26.1 Å². The highest BCUT2D eigenvalue weighted by Gasteiger charge is 2.24. The highest BCUT2D eigenvalue weighted by molar-refractivity contribution is 6.30. The van der Waals surface area contributed by atoms with Crippen LogP contribution in [-0.2, 0) is 11.3 Å².